The summed E-state index contributed by atoms with van der Waals surface area (Å²) in [5, 5.41) is 0. The van der Waals surface area contributed by atoms with Crippen molar-refractivity contribution in [3.63, 3.8) is 0 Å². The molecule has 0 saturated heterocycles. The molecule has 0 aromatic heterocycles. The molecule has 0 atom stereocenters. The molecule has 0 fully saturated rings. The molecule has 1 aliphatic carbocycles. The predicted octanol–water partition coefficient (Wildman–Crippen LogP) is 2.75. The highest BCUT2D eigenvalue weighted by molar-refractivity contribution is 14.1. The van der Waals surface area contributed by atoms with Crippen molar-refractivity contribution < 1.29 is 0 Å². The van der Waals surface area contributed by atoms with Crippen LogP contribution < -0.4 is 5.73 Å². The second kappa shape index (κ2) is 3.24. The molecule has 12 heavy (non-hydrogen) atoms. The van der Waals surface area contributed by atoms with E-state index in [1.165, 1.54) is 40.4 Å². The number of nitrogen functional groups attached to an aromatic ring is 1. The first-order chi connectivity index (χ1) is 5.77. The molecule has 0 amide bonds. The molecule has 0 spiro atoms. The highest BCUT2D eigenvalue weighted by Gasteiger charge is 2.10. The first-order valence-corrected chi connectivity index (χ1v) is 5.42. The Morgan fingerprint density at radius 3 is 2.33 bits per heavy atom. The Hall–Kier alpha value is -0.250. The summed E-state index contributed by atoms with van der Waals surface area (Å²) in [7, 11) is 0. The van der Waals surface area contributed by atoms with Gasteiger partial charge in [0.25, 0.3) is 0 Å². The fraction of sp³-hybridized carbons (Fsp3) is 0.400. The van der Waals surface area contributed by atoms with Crippen molar-refractivity contribution in [2.24, 2.45) is 0 Å². The molecule has 0 radical (unpaired) electrons. The maximum absolute atomic E-state index is 5.84. The monoisotopic (exact) mass is 273 g/mol. The minimum atomic E-state index is 0.941. The van der Waals surface area contributed by atoms with E-state index in [4.69, 9.17) is 5.73 Å². The molecular formula is C10H12IN. The smallest absolute Gasteiger partial charge is 0.0452 e. The normalized spacial score (nSPS) is 15.8. The van der Waals surface area contributed by atoms with Crippen molar-refractivity contribution in [2.45, 2.75) is 25.7 Å². The topological polar surface area (TPSA) is 26.0 Å². The zero-order valence-electron chi connectivity index (χ0n) is 6.94. The van der Waals surface area contributed by atoms with Crippen LogP contribution in [0.4, 0.5) is 5.69 Å². The lowest BCUT2D eigenvalue weighted by molar-refractivity contribution is 0.685. The van der Waals surface area contributed by atoms with Crippen molar-refractivity contribution in [1.29, 1.82) is 0 Å². The van der Waals surface area contributed by atoms with E-state index in [0.717, 1.165) is 5.69 Å². The Kier molecular flexibility index (Phi) is 2.26. The van der Waals surface area contributed by atoms with E-state index in [-0.39, 0.29) is 0 Å². The number of anilines is 1. The van der Waals surface area contributed by atoms with Gasteiger partial charge in [-0.05, 0) is 71.5 Å². The third-order valence-electron chi connectivity index (χ3n) is 2.46. The molecule has 2 heteroatoms. The summed E-state index contributed by atoms with van der Waals surface area (Å²) >= 11 is 2.31. The largest absolute Gasteiger partial charge is 0.398 e. The molecule has 64 valence electrons. The Bertz CT molecular complexity index is 276. The van der Waals surface area contributed by atoms with Crippen LogP contribution in [-0.4, -0.2) is 0 Å². The van der Waals surface area contributed by atoms with E-state index < -0.39 is 0 Å². The number of halogens is 1. The molecular weight excluding hydrogens is 261 g/mol. The third-order valence-corrected chi connectivity index (χ3v) is 3.40. The number of hydrogen-bond donors (Lipinski definition) is 1. The van der Waals surface area contributed by atoms with E-state index in [1.807, 2.05) is 0 Å². The quantitative estimate of drug-likeness (QED) is 0.571. The van der Waals surface area contributed by atoms with Crippen molar-refractivity contribution in [3.05, 3.63) is 26.8 Å². The van der Waals surface area contributed by atoms with E-state index in [2.05, 4.69) is 34.7 Å². The van der Waals surface area contributed by atoms with Gasteiger partial charge in [-0.3, -0.25) is 0 Å². The highest BCUT2D eigenvalue weighted by Crippen LogP contribution is 2.26. The number of hydrogen-bond acceptors (Lipinski definition) is 1. The minimum absolute atomic E-state index is 0.941. The lowest BCUT2D eigenvalue weighted by atomic mass is 9.91. The Morgan fingerprint density at radius 2 is 1.67 bits per heavy atom. The number of fused-ring (bicyclic) bond motifs is 1. The molecule has 0 heterocycles. The molecule has 0 saturated carbocycles. The highest BCUT2D eigenvalue weighted by atomic mass is 127. The molecule has 2 N–H and O–H groups in total. The van der Waals surface area contributed by atoms with Crippen LogP contribution in [0.1, 0.15) is 24.0 Å². The maximum Gasteiger partial charge on any atom is 0.0452 e. The van der Waals surface area contributed by atoms with Gasteiger partial charge in [0.1, 0.15) is 0 Å². The van der Waals surface area contributed by atoms with Gasteiger partial charge in [0, 0.05) is 9.26 Å². The molecule has 0 aliphatic heterocycles. The molecule has 0 unspecified atom stereocenters. The van der Waals surface area contributed by atoms with Crippen LogP contribution in [0, 0.1) is 3.57 Å². The van der Waals surface area contributed by atoms with Gasteiger partial charge in [-0.15, -0.1) is 0 Å². The van der Waals surface area contributed by atoms with Gasteiger partial charge in [0.2, 0.25) is 0 Å². The van der Waals surface area contributed by atoms with E-state index in [0.29, 0.717) is 0 Å². The van der Waals surface area contributed by atoms with Gasteiger partial charge < -0.3 is 5.73 Å². The number of nitrogens with two attached hydrogens (primary N) is 1. The SMILES string of the molecule is Nc1cc2c(cc1I)CCCC2. The lowest BCUT2D eigenvalue weighted by Gasteiger charge is -2.16. The van der Waals surface area contributed by atoms with Crippen molar-refractivity contribution in [2.75, 3.05) is 5.73 Å². The van der Waals surface area contributed by atoms with Crippen molar-refractivity contribution in [1.82, 2.24) is 0 Å². The molecule has 1 aromatic carbocycles. The van der Waals surface area contributed by atoms with Crippen molar-refractivity contribution in [3.8, 4) is 0 Å². The van der Waals surface area contributed by atoms with E-state index >= 15 is 0 Å². The summed E-state index contributed by atoms with van der Waals surface area (Å²) in [6.07, 6.45) is 5.13. The number of rotatable bonds is 0. The standard InChI is InChI=1S/C10H12IN/c11-9-5-7-3-1-2-4-8(7)6-10(9)12/h5-6H,1-4,12H2. The minimum Gasteiger partial charge on any atom is -0.398 e. The zero-order chi connectivity index (χ0) is 8.55. The van der Waals surface area contributed by atoms with Crippen LogP contribution in [0.3, 0.4) is 0 Å². The summed E-state index contributed by atoms with van der Waals surface area (Å²) in [4.78, 5) is 0. The number of benzene rings is 1. The maximum atomic E-state index is 5.84. The zero-order valence-corrected chi connectivity index (χ0v) is 9.10. The van der Waals surface area contributed by atoms with Crippen LogP contribution in [0.5, 0.6) is 0 Å². The second-order valence-corrected chi connectivity index (χ2v) is 4.51. The summed E-state index contributed by atoms with van der Waals surface area (Å²) in [5.74, 6) is 0. The molecule has 2 rings (SSSR count). The summed E-state index contributed by atoms with van der Waals surface area (Å²) in [6, 6.07) is 4.39. The lowest BCUT2D eigenvalue weighted by Crippen LogP contribution is -2.04. The van der Waals surface area contributed by atoms with Gasteiger partial charge in [0.15, 0.2) is 0 Å². The van der Waals surface area contributed by atoms with Crippen LogP contribution in [-0.2, 0) is 12.8 Å². The first-order valence-electron chi connectivity index (χ1n) is 4.34. The number of aryl methyl sites for hydroxylation is 2. The summed E-state index contributed by atoms with van der Waals surface area (Å²) in [5.41, 5.74) is 9.76. The van der Waals surface area contributed by atoms with E-state index in [1.54, 1.807) is 0 Å². The fourth-order valence-electron chi connectivity index (χ4n) is 1.77. The van der Waals surface area contributed by atoms with Gasteiger partial charge in [0.05, 0.1) is 0 Å². The van der Waals surface area contributed by atoms with Gasteiger partial charge in [-0.2, -0.15) is 0 Å². The average Bonchev–Trinajstić information content (AvgIpc) is 2.07. The third kappa shape index (κ3) is 1.44. The molecule has 0 bridgehead atoms. The molecule has 1 nitrogen and oxygen atoms in total. The van der Waals surface area contributed by atoms with Crippen molar-refractivity contribution >= 4 is 28.3 Å². The van der Waals surface area contributed by atoms with Gasteiger partial charge in [-0.25, -0.2) is 0 Å². The Balaban J connectivity index is 2.49. The van der Waals surface area contributed by atoms with Gasteiger partial charge >= 0.3 is 0 Å². The van der Waals surface area contributed by atoms with Gasteiger partial charge in [-0.1, -0.05) is 0 Å². The van der Waals surface area contributed by atoms with Crippen LogP contribution in [0.2, 0.25) is 0 Å². The van der Waals surface area contributed by atoms with Crippen LogP contribution in [0.15, 0.2) is 12.1 Å². The fourth-order valence-corrected chi connectivity index (χ4v) is 2.31. The Labute approximate surface area is 86.5 Å². The van der Waals surface area contributed by atoms with E-state index in [9.17, 15) is 0 Å². The van der Waals surface area contributed by atoms with Crippen LogP contribution >= 0.6 is 22.6 Å². The molecule has 1 aromatic rings. The second-order valence-electron chi connectivity index (χ2n) is 3.35. The Morgan fingerprint density at radius 1 is 1.08 bits per heavy atom. The first kappa shape index (κ1) is 8.35. The van der Waals surface area contributed by atoms with Crippen LogP contribution in [0.25, 0.3) is 0 Å². The molecule has 1 aliphatic rings. The summed E-state index contributed by atoms with van der Waals surface area (Å²) < 4.78 is 1.20. The summed E-state index contributed by atoms with van der Waals surface area (Å²) in [6.45, 7) is 0. The average molecular weight is 273 g/mol. The predicted molar refractivity (Wildman–Crippen MR) is 60.2 cm³/mol.